The van der Waals surface area contributed by atoms with Crippen molar-refractivity contribution in [3.05, 3.63) is 29.8 Å². The molecule has 1 N–H and O–H groups in total. The third kappa shape index (κ3) is 2.43. The van der Waals surface area contributed by atoms with Gasteiger partial charge in [-0.2, -0.15) is 0 Å². The van der Waals surface area contributed by atoms with Crippen LogP contribution in [0, 0.1) is 5.92 Å². The van der Waals surface area contributed by atoms with Crippen molar-refractivity contribution < 1.29 is 0 Å². The van der Waals surface area contributed by atoms with E-state index in [1.807, 2.05) is 0 Å². The Labute approximate surface area is 110 Å². The minimum atomic E-state index is 0.560. The largest absolute Gasteiger partial charge is 0.344 e. The first-order valence-electron chi connectivity index (χ1n) is 7.26. The average molecular weight is 242 g/mol. The molecule has 0 radical (unpaired) electrons. The number of hydrogen-bond donors (Lipinski definition) is 1. The van der Waals surface area contributed by atoms with Crippen molar-refractivity contribution in [1.82, 2.24) is 0 Å². The summed E-state index contributed by atoms with van der Waals surface area (Å²) in [6.45, 7) is 2.31. The molecule has 0 bridgehead atoms. The van der Waals surface area contributed by atoms with Gasteiger partial charge in [-0.05, 0) is 43.2 Å². The van der Waals surface area contributed by atoms with Crippen LogP contribution in [0.2, 0.25) is 0 Å². The fraction of sp³-hybridized carbons (Fsp3) is 0.562. The van der Waals surface area contributed by atoms with Crippen LogP contribution in [-0.4, -0.2) is 11.9 Å². The molecule has 0 unspecified atom stereocenters. The van der Waals surface area contributed by atoms with Crippen LogP contribution < -0.4 is 5.32 Å². The molecule has 1 fully saturated rings. The Kier molecular flexibility index (Phi) is 3.35. The van der Waals surface area contributed by atoms with E-state index in [9.17, 15) is 0 Å². The molecule has 2 aliphatic rings. The maximum Gasteiger partial charge on any atom is 0.106 e. The van der Waals surface area contributed by atoms with Crippen molar-refractivity contribution in [2.24, 2.45) is 10.9 Å². The Bertz CT molecular complexity index is 415. The Balaban J connectivity index is 1.63. The molecular weight excluding hydrogens is 220 g/mol. The highest BCUT2D eigenvalue weighted by Gasteiger charge is 2.21. The number of hydrogen-bond acceptors (Lipinski definition) is 1. The van der Waals surface area contributed by atoms with Crippen LogP contribution in [0.5, 0.6) is 0 Å². The van der Waals surface area contributed by atoms with Gasteiger partial charge in [-0.3, -0.25) is 4.99 Å². The van der Waals surface area contributed by atoms with E-state index in [4.69, 9.17) is 4.99 Å². The van der Waals surface area contributed by atoms with Crippen molar-refractivity contribution in [2.45, 2.75) is 51.5 Å². The fourth-order valence-corrected chi connectivity index (χ4v) is 3.16. The molecule has 1 aromatic rings. The zero-order valence-electron chi connectivity index (χ0n) is 11.2. The van der Waals surface area contributed by atoms with E-state index in [0.29, 0.717) is 6.04 Å². The molecule has 1 saturated carbocycles. The Hall–Kier alpha value is -1.31. The number of nitrogens with zero attached hydrogens (tertiary/aromatic N) is 1. The van der Waals surface area contributed by atoms with Gasteiger partial charge >= 0.3 is 0 Å². The summed E-state index contributed by atoms with van der Waals surface area (Å²) in [5, 5.41) is 3.46. The van der Waals surface area contributed by atoms with Gasteiger partial charge in [0.1, 0.15) is 5.84 Å². The van der Waals surface area contributed by atoms with Gasteiger partial charge in [0.25, 0.3) is 0 Å². The normalized spacial score (nSPS) is 29.1. The van der Waals surface area contributed by atoms with Crippen LogP contribution in [0.3, 0.4) is 0 Å². The summed E-state index contributed by atoms with van der Waals surface area (Å²) in [7, 11) is 0. The molecule has 1 aromatic carbocycles. The quantitative estimate of drug-likeness (QED) is 0.832. The molecule has 3 rings (SSSR count). The second-order valence-electron chi connectivity index (χ2n) is 5.62. The summed E-state index contributed by atoms with van der Waals surface area (Å²) >= 11 is 0. The third-order valence-electron chi connectivity index (χ3n) is 4.39. The standard InChI is InChI=1S/C16H22N2/c1-2-12-7-9-14(10-8-12)17-16-11-13-5-3-4-6-15(13)18-16/h3-6,12,14H,2,7-11H2,1H3,(H,17,18). The van der Waals surface area contributed by atoms with E-state index in [1.165, 1.54) is 49.2 Å². The number of anilines is 1. The van der Waals surface area contributed by atoms with E-state index in [1.54, 1.807) is 0 Å². The maximum atomic E-state index is 4.92. The Morgan fingerprint density at radius 3 is 2.67 bits per heavy atom. The molecule has 1 heterocycles. The fourth-order valence-electron chi connectivity index (χ4n) is 3.16. The molecule has 0 amide bonds. The molecule has 1 aliphatic carbocycles. The highest BCUT2D eigenvalue weighted by atomic mass is 15.0. The minimum Gasteiger partial charge on any atom is -0.344 e. The number of para-hydroxylation sites is 1. The zero-order chi connectivity index (χ0) is 12.4. The van der Waals surface area contributed by atoms with Gasteiger partial charge in [0.15, 0.2) is 0 Å². The Morgan fingerprint density at radius 1 is 1.17 bits per heavy atom. The zero-order valence-corrected chi connectivity index (χ0v) is 11.2. The highest BCUT2D eigenvalue weighted by Crippen LogP contribution is 2.29. The van der Waals surface area contributed by atoms with Gasteiger partial charge in [0.05, 0.1) is 6.04 Å². The lowest BCUT2D eigenvalue weighted by molar-refractivity contribution is 0.320. The van der Waals surface area contributed by atoms with Crippen LogP contribution in [0.25, 0.3) is 0 Å². The lowest BCUT2D eigenvalue weighted by atomic mass is 9.85. The predicted octanol–water partition coefficient (Wildman–Crippen LogP) is 4.02. The monoisotopic (exact) mass is 242 g/mol. The van der Waals surface area contributed by atoms with Crippen LogP contribution >= 0.6 is 0 Å². The van der Waals surface area contributed by atoms with Crippen LogP contribution in [0.4, 0.5) is 5.69 Å². The number of aliphatic imine (C=N–C) groups is 1. The summed E-state index contributed by atoms with van der Waals surface area (Å²) in [5.74, 6) is 2.13. The topological polar surface area (TPSA) is 24.4 Å². The summed E-state index contributed by atoms with van der Waals surface area (Å²) in [4.78, 5) is 4.92. The van der Waals surface area contributed by atoms with Crippen molar-refractivity contribution in [3.63, 3.8) is 0 Å². The molecule has 18 heavy (non-hydrogen) atoms. The molecule has 1 aliphatic heterocycles. The maximum absolute atomic E-state index is 4.92. The summed E-state index contributed by atoms with van der Waals surface area (Å²) in [5.41, 5.74) is 2.64. The smallest absolute Gasteiger partial charge is 0.106 e. The molecule has 2 nitrogen and oxygen atoms in total. The lowest BCUT2D eigenvalue weighted by Gasteiger charge is -2.25. The molecular formula is C16H22N2. The van der Waals surface area contributed by atoms with Gasteiger partial charge < -0.3 is 5.32 Å². The van der Waals surface area contributed by atoms with Gasteiger partial charge in [-0.1, -0.05) is 31.5 Å². The molecule has 0 saturated heterocycles. The van der Waals surface area contributed by atoms with Crippen LogP contribution in [-0.2, 0) is 6.42 Å². The van der Waals surface area contributed by atoms with Gasteiger partial charge in [0.2, 0.25) is 0 Å². The molecule has 96 valence electrons. The molecule has 2 heteroatoms. The predicted molar refractivity (Wildman–Crippen MR) is 77.2 cm³/mol. The summed E-state index contributed by atoms with van der Waals surface area (Å²) < 4.78 is 0. The minimum absolute atomic E-state index is 0.560. The van der Waals surface area contributed by atoms with E-state index < -0.39 is 0 Å². The number of fused-ring (bicyclic) bond motifs is 1. The van der Waals surface area contributed by atoms with Crippen LogP contribution in [0.15, 0.2) is 29.3 Å². The van der Waals surface area contributed by atoms with Crippen molar-refractivity contribution in [3.8, 4) is 0 Å². The van der Waals surface area contributed by atoms with E-state index in [0.717, 1.165) is 12.3 Å². The second-order valence-corrected chi connectivity index (χ2v) is 5.62. The molecule has 0 atom stereocenters. The summed E-state index contributed by atoms with van der Waals surface area (Å²) in [6, 6.07) is 9.09. The number of benzene rings is 1. The number of nitrogens with one attached hydrogen (secondary N) is 1. The van der Waals surface area contributed by atoms with Gasteiger partial charge in [-0.25, -0.2) is 0 Å². The van der Waals surface area contributed by atoms with Crippen molar-refractivity contribution >= 4 is 11.5 Å². The first-order chi connectivity index (χ1) is 8.85. The first kappa shape index (κ1) is 11.8. The summed E-state index contributed by atoms with van der Waals surface area (Å²) in [6.07, 6.45) is 7.62. The van der Waals surface area contributed by atoms with E-state index in [-0.39, 0.29) is 0 Å². The average Bonchev–Trinajstić information content (AvgIpc) is 2.82. The number of amidine groups is 1. The van der Waals surface area contributed by atoms with Crippen LogP contribution in [0.1, 0.15) is 44.6 Å². The number of rotatable bonds is 2. The lowest BCUT2D eigenvalue weighted by Crippen LogP contribution is -2.20. The molecule has 0 aromatic heterocycles. The molecule has 0 spiro atoms. The van der Waals surface area contributed by atoms with E-state index >= 15 is 0 Å². The Morgan fingerprint density at radius 2 is 1.94 bits per heavy atom. The van der Waals surface area contributed by atoms with Crippen molar-refractivity contribution in [1.29, 1.82) is 0 Å². The van der Waals surface area contributed by atoms with E-state index in [2.05, 4.69) is 36.5 Å². The SMILES string of the molecule is CCC1CCC(N=C2Cc3ccccc3N2)CC1. The second kappa shape index (κ2) is 5.13. The first-order valence-corrected chi connectivity index (χ1v) is 7.26. The van der Waals surface area contributed by atoms with Crippen molar-refractivity contribution in [2.75, 3.05) is 5.32 Å². The third-order valence-corrected chi connectivity index (χ3v) is 4.39. The van der Waals surface area contributed by atoms with Gasteiger partial charge in [0, 0.05) is 12.1 Å². The van der Waals surface area contributed by atoms with Gasteiger partial charge in [-0.15, -0.1) is 0 Å². The highest BCUT2D eigenvalue weighted by molar-refractivity contribution is 6.03.